The number of carbonyl (C=O) groups is 2. The number of hydrogen-bond donors (Lipinski definition) is 2. The fraction of sp³-hybridized carbons (Fsp3) is 0.900. The minimum Gasteiger partial charge on any atom is -0.389 e. The van der Waals surface area contributed by atoms with E-state index in [0.717, 1.165) is 64.7 Å². The first kappa shape index (κ1) is 19.0. The molecule has 0 radical (unpaired) electrons. The summed E-state index contributed by atoms with van der Waals surface area (Å²) in [6.45, 7) is 7.93. The van der Waals surface area contributed by atoms with Crippen LogP contribution in [0.5, 0.6) is 0 Å². The van der Waals surface area contributed by atoms with Crippen LogP contribution in [0.15, 0.2) is 0 Å². The van der Waals surface area contributed by atoms with Crippen molar-refractivity contribution in [3.63, 3.8) is 0 Å². The van der Waals surface area contributed by atoms with Crippen LogP contribution in [0.3, 0.4) is 0 Å². The minimum absolute atomic E-state index is 0.00423. The zero-order valence-electron chi connectivity index (χ0n) is 16.7. The third kappa shape index (κ3) is 3.68. The van der Waals surface area contributed by atoms with E-state index in [-0.39, 0.29) is 36.0 Å². The zero-order chi connectivity index (χ0) is 19.2. The van der Waals surface area contributed by atoms with Crippen molar-refractivity contribution < 1.29 is 14.7 Å². The predicted octanol–water partition coefficient (Wildman–Crippen LogP) is 1.02. The van der Waals surface area contributed by atoms with Crippen LogP contribution in [0.1, 0.15) is 52.4 Å². The Morgan fingerprint density at radius 2 is 1.93 bits per heavy atom. The molecule has 4 fully saturated rings. The lowest BCUT2D eigenvalue weighted by atomic mass is 9.79. The van der Waals surface area contributed by atoms with Gasteiger partial charge in [-0.25, -0.2) is 4.79 Å². The summed E-state index contributed by atoms with van der Waals surface area (Å²) in [6, 6.07) is 0.586. The number of rotatable bonds is 4. The number of nitrogens with one attached hydrogen (secondary N) is 1. The summed E-state index contributed by atoms with van der Waals surface area (Å²) in [4.78, 5) is 31.3. The molecule has 4 aliphatic rings. The fourth-order valence-corrected chi connectivity index (χ4v) is 5.31. The molecule has 0 bridgehead atoms. The number of nitrogens with zero attached hydrogens (tertiary/aromatic N) is 3. The predicted molar refractivity (Wildman–Crippen MR) is 102 cm³/mol. The maximum absolute atomic E-state index is 12.7. The Morgan fingerprint density at radius 3 is 2.52 bits per heavy atom. The summed E-state index contributed by atoms with van der Waals surface area (Å²) >= 11 is 0. The van der Waals surface area contributed by atoms with Crippen molar-refractivity contribution in [3.05, 3.63) is 0 Å². The molecule has 0 aromatic rings. The number of carbonyl (C=O) groups excluding carboxylic acids is 2. The lowest BCUT2D eigenvalue weighted by molar-refractivity contribution is -0.136. The molecule has 7 heteroatoms. The largest absolute Gasteiger partial charge is 0.389 e. The Hall–Kier alpha value is -1.34. The van der Waals surface area contributed by atoms with Crippen molar-refractivity contribution in [2.45, 2.75) is 76.1 Å². The van der Waals surface area contributed by atoms with Crippen LogP contribution in [0, 0.1) is 5.92 Å². The monoisotopic (exact) mass is 378 g/mol. The van der Waals surface area contributed by atoms with Crippen LogP contribution in [-0.4, -0.2) is 88.2 Å². The minimum atomic E-state index is -0.460. The lowest BCUT2D eigenvalue weighted by Crippen LogP contribution is -2.56. The molecule has 0 aromatic carbocycles. The number of hydrogen-bond acceptors (Lipinski definition) is 4. The Bertz CT molecular complexity index is 584. The van der Waals surface area contributed by atoms with Gasteiger partial charge in [0.25, 0.3) is 0 Å². The number of aliphatic hydroxyl groups is 1. The van der Waals surface area contributed by atoms with Gasteiger partial charge in [0, 0.05) is 44.7 Å². The van der Waals surface area contributed by atoms with E-state index in [1.165, 1.54) is 0 Å². The van der Waals surface area contributed by atoms with Gasteiger partial charge >= 0.3 is 6.03 Å². The molecule has 2 atom stereocenters. The maximum atomic E-state index is 12.7. The van der Waals surface area contributed by atoms with E-state index in [1.54, 1.807) is 0 Å². The van der Waals surface area contributed by atoms with Gasteiger partial charge in [0.1, 0.15) is 0 Å². The molecule has 3 aliphatic heterocycles. The molecule has 2 unspecified atom stereocenters. The van der Waals surface area contributed by atoms with Gasteiger partial charge in [0.2, 0.25) is 5.91 Å². The highest BCUT2D eigenvalue weighted by Crippen LogP contribution is 2.34. The molecular weight excluding hydrogens is 344 g/mol. The van der Waals surface area contributed by atoms with Crippen LogP contribution >= 0.6 is 0 Å². The highest BCUT2D eigenvalue weighted by atomic mass is 16.3. The molecule has 7 nitrogen and oxygen atoms in total. The number of β-amino-alcohol motifs (C(OH)–C–C–N with tert-alkyl or cyclic N) is 1. The maximum Gasteiger partial charge on any atom is 0.318 e. The number of fused-ring (bicyclic) bond motifs is 1. The molecule has 3 saturated heterocycles. The SMILES string of the molecule is CC(C)C(=O)N1CCC2C(C1)NC(=O)N2C1CCN(CC2(O)CCC2)CC1. The second kappa shape index (κ2) is 7.24. The van der Waals surface area contributed by atoms with Crippen molar-refractivity contribution in [3.8, 4) is 0 Å². The van der Waals surface area contributed by atoms with Gasteiger partial charge in [-0.15, -0.1) is 0 Å². The van der Waals surface area contributed by atoms with Gasteiger partial charge < -0.3 is 25.1 Å². The second-order valence-electron chi connectivity index (χ2n) is 9.34. The van der Waals surface area contributed by atoms with Crippen LogP contribution in [0.2, 0.25) is 0 Å². The molecule has 152 valence electrons. The third-order valence-corrected chi connectivity index (χ3v) is 7.04. The summed E-state index contributed by atoms with van der Waals surface area (Å²) in [6.07, 6.45) is 5.80. The van der Waals surface area contributed by atoms with Crippen LogP contribution in [0.4, 0.5) is 4.79 Å². The van der Waals surface area contributed by atoms with Crippen molar-refractivity contribution >= 4 is 11.9 Å². The van der Waals surface area contributed by atoms with E-state index < -0.39 is 5.60 Å². The first-order valence-electron chi connectivity index (χ1n) is 10.7. The molecule has 0 aromatic heterocycles. The molecule has 4 rings (SSSR count). The van der Waals surface area contributed by atoms with E-state index in [4.69, 9.17) is 0 Å². The number of piperidine rings is 2. The normalized spacial score (nSPS) is 31.6. The van der Waals surface area contributed by atoms with Gasteiger partial charge in [0.15, 0.2) is 0 Å². The number of likely N-dealkylation sites (tertiary alicyclic amines) is 2. The van der Waals surface area contributed by atoms with Gasteiger partial charge in [-0.2, -0.15) is 0 Å². The number of urea groups is 1. The van der Waals surface area contributed by atoms with Gasteiger partial charge in [-0.05, 0) is 38.5 Å². The first-order chi connectivity index (χ1) is 12.9. The molecule has 3 amide bonds. The summed E-state index contributed by atoms with van der Waals surface area (Å²) in [5.74, 6) is 0.188. The summed E-state index contributed by atoms with van der Waals surface area (Å²) in [5.41, 5.74) is -0.460. The Labute approximate surface area is 162 Å². The lowest BCUT2D eigenvalue weighted by Gasteiger charge is -2.45. The smallest absolute Gasteiger partial charge is 0.318 e. The average molecular weight is 379 g/mol. The second-order valence-corrected chi connectivity index (χ2v) is 9.34. The average Bonchev–Trinajstić information content (AvgIpc) is 2.95. The Kier molecular flexibility index (Phi) is 5.10. The Balaban J connectivity index is 1.32. The van der Waals surface area contributed by atoms with Crippen molar-refractivity contribution in [1.29, 1.82) is 0 Å². The standard InChI is InChI=1S/C20H34N4O3/c1-14(2)18(25)23-11-6-17-16(12-23)21-19(26)24(17)15-4-9-22(10-5-15)13-20(27)7-3-8-20/h14-17,27H,3-13H2,1-2H3,(H,21,26). The van der Waals surface area contributed by atoms with E-state index in [9.17, 15) is 14.7 Å². The summed E-state index contributed by atoms with van der Waals surface area (Å²) in [5, 5.41) is 13.5. The molecular formula is C20H34N4O3. The van der Waals surface area contributed by atoms with Gasteiger partial charge in [-0.1, -0.05) is 13.8 Å². The van der Waals surface area contributed by atoms with Crippen molar-refractivity contribution in [1.82, 2.24) is 20.0 Å². The highest BCUT2D eigenvalue weighted by Gasteiger charge is 2.47. The van der Waals surface area contributed by atoms with Crippen molar-refractivity contribution in [2.75, 3.05) is 32.7 Å². The third-order valence-electron chi connectivity index (χ3n) is 7.04. The van der Waals surface area contributed by atoms with E-state index in [0.29, 0.717) is 6.54 Å². The fourth-order valence-electron chi connectivity index (χ4n) is 5.31. The molecule has 2 N–H and O–H groups in total. The Morgan fingerprint density at radius 1 is 1.22 bits per heavy atom. The molecule has 0 spiro atoms. The van der Waals surface area contributed by atoms with E-state index in [2.05, 4.69) is 15.1 Å². The topological polar surface area (TPSA) is 76.1 Å². The molecule has 3 heterocycles. The zero-order valence-corrected chi connectivity index (χ0v) is 16.7. The molecule has 1 aliphatic carbocycles. The van der Waals surface area contributed by atoms with E-state index in [1.807, 2.05) is 18.7 Å². The van der Waals surface area contributed by atoms with Gasteiger partial charge in [-0.3, -0.25) is 4.79 Å². The quantitative estimate of drug-likeness (QED) is 0.766. The number of amides is 3. The van der Waals surface area contributed by atoms with Crippen molar-refractivity contribution in [2.24, 2.45) is 5.92 Å². The van der Waals surface area contributed by atoms with E-state index >= 15 is 0 Å². The van der Waals surface area contributed by atoms with Crippen LogP contribution in [0.25, 0.3) is 0 Å². The molecule has 27 heavy (non-hydrogen) atoms. The summed E-state index contributed by atoms with van der Waals surface area (Å²) in [7, 11) is 0. The summed E-state index contributed by atoms with van der Waals surface area (Å²) < 4.78 is 0. The highest BCUT2D eigenvalue weighted by molar-refractivity contribution is 5.80. The van der Waals surface area contributed by atoms with Crippen LogP contribution in [-0.2, 0) is 4.79 Å². The van der Waals surface area contributed by atoms with Crippen LogP contribution < -0.4 is 5.32 Å². The molecule has 1 saturated carbocycles. The first-order valence-corrected chi connectivity index (χ1v) is 10.7. The van der Waals surface area contributed by atoms with Gasteiger partial charge in [0.05, 0.1) is 17.7 Å².